The lowest BCUT2D eigenvalue weighted by molar-refractivity contribution is 0.174. The Morgan fingerprint density at radius 1 is 1.21 bits per heavy atom. The van der Waals surface area contributed by atoms with E-state index in [-0.39, 0.29) is 6.79 Å². The Bertz CT molecular complexity index is 987. The molecule has 0 radical (unpaired) electrons. The van der Waals surface area contributed by atoms with Crippen LogP contribution in [0.25, 0.3) is 10.6 Å². The van der Waals surface area contributed by atoms with Gasteiger partial charge in [-0.15, -0.1) is 22.7 Å². The standard InChI is InChI=1S/C16H12ClN3O2S2/c1-18-16-20(11(8-23-16)14-4-5-15(17)24-14)19-7-10-2-3-12-13(6-10)22-9-21-12/h2-8H,9H2,1H3/b18-16?,19-7+. The second-order valence-electron chi connectivity index (χ2n) is 4.90. The quantitative estimate of drug-likeness (QED) is 0.646. The lowest BCUT2D eigenvalue weighted by atomic mass is 10.2. The molecule has 0 saturated carbocycles. The fourth-order valence-electron chi connectivity index (χ4n) is 2.30. The van der Waals surface area contributed by atoms with Crippen LogP contribution in [0.1, 0.15) is 5.56 Å². The molecule has 0 aliphatic carbocycles. The molecule has 5 nitrogen and oxygen atoms in total. The highest BCUT2D eigenvalue weighted by Crippen LogP contribution is 2.33. The van der Waals surface area contributed by atoms with E-state index < -0.39 is 0 Å². The Kier molecular flexibility index (Phi) is 4.13. The van der Waals surface area contributed by atoms with E-state index in [4.69, 9.17) is 21.1 Å². The summed E-state index contributed by atoms with van der Waals surface area (Å²) in [6.45, 7) is 0.261. The zero-order valence-electron chi connectivity index (χ0n) is 12.6. The number of hydrogen-bond acceptors (Lipinski definition) is 6. The van der Waals surface area contributed by atoms with E-state index in [2.05, 4.69) is 10.1 Å². The van der Waals surface area contributed by atoms with Gasteiger partial charge in [-0.2, -0.15) is 5.10 Å². The first-order chi connectivity index (χ1) is 11.7. The van der Waals surface area contributed by atoms with E-state index in [9.17, 15) is 0 Å². The van der Waals surface area contributed by atoms with E-state index in [0.717, 1.165) is 36.8 Å². The number of hydrogen-bond donors (Lipinski definition) is 0. The lowest BCUT2D eigenvalue weighted by Crippen LogP contribution is -2.11. The number of thiazole rings is 1. The van der Waals surface area contributed by atoms with Crippen molar-refractivity contribution in [3.05, 3.63) is 50.4 Å². The van der Waals surface area contributed by atoms with Crippen molar-refractivity contribution in [1.82, 2.24) is 4.68 Å². The Morgan fingerprint density at radius 3 is 2.88 bits per heavy atom. The summed E-state index contributed by atoms with van der Waals surface area (Å²) in [4.78, 5) is 6.15. The predicted molar refractivity (Wildman–Crippen MR) is 97.7 cm³/mol. The van der Waals surface area contributed by atoms with Gasteiger partial charge in [-0.3, -0.25) is 4.99 Å². The number of rotatable bonds is 3. The smallest absolute Gasteiger partial charge is 0.231 e. The summed E-state index contributed by atoms with van der Waals surface area (Å²) in [5, 5.41) is 6.62. The Balaban J connectivity index is 1.72. The molecule has 0 N–H and O–H groups in total. The Labute approximate surface area is 151 Å². The maximum Gasteiger partial charge on any atom is 0.231 e. The minimum absolute atomic E-state index is 0.261. The molecule has 3 heterocycles. The van der Waals surface area contributed by atoms with Gasteiger partial charge < -0.3 is 9.47 Å². The van der Waals surface area contributed by atoms with E-state index in [1.54, 1.807) is 13.3 Å². The molecule has 8 heteroatoms. The van der Waals surface area contributed by atoms with Crippen LogP contribution in [0.15, 0.2) is 45.8 Å². The highest BCUT2D eigenvalue weighted by atomic mass is 35.5. The summed E-state index contributed by atoms with van der Waals surface area (Å²) in [5.41, 5.74) is 1.89. The first kappa shape index (κ1) is 15.4. The number of nitrogens with zero attached hydrogens (tertiary/aromatic N) is 3. The number of halogens is 1. The second kappa shape index (κ2) is 6.43. The van der Waals surface area contributed by atoms with Gasteiger partial charge in [0.1, 0.15) is 0 Å². The molecule has 0 unspecified atom stereocenters. The van der Waals surface area contributed by atoms with Crippen molar-refractivity contribution in [2.75, 3.05) is 13.8 Å². The van der Waals surface area contributed by atoms with Gasteiger partial charge in [0.05, 0.1) is 21.1 Å². The summed E-state index contributed by atoms with van der Waals surface area (Å²) >= 11 is 9.11. The highest BCUT2D eigenvalue weighted by molar-refractivity contribution is 7.19. The van der Waals surface area contributed by atoms with Crippen molar-refractivity contribution in [3.63, 3.8) is 0 Å². The van der Waals surface area contributed by atoms with Crippen LogP contribution in [0.4, 0.5) is 0 Å². The van der Waals surface area contributed by atoms with Crippen molar-refractivity contribution in [3.8, 4) is 22.1 Å². The maximum atomic E-state index is 6.06. The molecular formula is C16H12ClN3O2S2. The monoisotopic (exact) mass is 377 g/mol. The molecule has 24 heavy (non-hydrogen) atoms. The fourth-order valence-corrected chi connectivity index (χ4v) is 4.22. The summed E-state index contributed by atoms with van der Waals surface area (Å²) in [5.74, 6) is 1.49. The molecule has 1 aliphatic rings. The maximum absolute atomic E-state index is 6.06. The van der Waals surface area contributed by atoms with E-state index >= 15 is 0 Å². The van der Waals surface area contributed by atoms with Crippen LogP contribution in [-0.2, 0) is 0 Å². The summed E-state index contributed by atoms with van der Waals surface area (Å²) < 4.78 is 13.3. The third-order valence-corrected chi connectivity index (χ3v) is 5.58. The summed E-state index contributed by atoms with van der Waals surface area (Å²) in [6, 6.07) is 9.60. The summed E-state index contributed by atoms with van der Waals surface area (Å²) in [7, 11) is 1.75. The van der Waals surface area contributed by atoms with Crippen molar-refractivity contribution in [2.24, 2.45) is 10.1 Å². The van der Waals surface area contributed by atoms with E-state index in [0.29, 0.717) is 0 Å². The van der Waals surface area contributed by atoms with Gasteiger partial charge in [0.2, 0.25) is 11.6 Å². The minimum atomic E-state index is 0.261. The van der Waals surface area contributed by atoms with Crippen LogP contribution < -0.4 is 14.3 Å². The molecule has 1 aliphatic heterocycles. The van der Waals surface area contributed by atoms with Crippen molar-refractivity contribution < 1.29 is 9.47 Å². The number of aromatic nitrogens is 1. The molecule has 4 rings (SSSR count). The van der Waals surface area contributed by atoms with Crippen LogP contribution in [0.2, 0.25) is 4.34 Å². The molecule has 3 aromatic rings. The lowest BCUT2D eigenvalue weighted by Gasteiger charge is -2.01. The summed E-state index contributed by atoms with van der Waals surface area (Å²) in [6.07, 6.45) is 1.78. The molecule has 122 valence electrons. The van der Waals surface area contributed by atoms with Gasteiger partial charge >= 0.3 is 0 Å². The topological polar surface area (TPSA) is 48.1 Å². The molecular weight excluding hydrogens is 366 g/mol. The molecule has 0 spiro atoms. The second-order valence-corrected chi connectivity index (χ2v) is 7.45. The Morgan fingerprint density at radius 2 is 2.08 bits per heavy atom. The number of fused-ring (bicyclic) bond motifs is 1. The molecule has 0 saturated heterocycles. The van der Waals surface area contributed by atoms with Gasteiger partial charge in [-0.1, -0.05) is 11.6 Å². The molecule has 1 aromatic carbocycles. The van der Waals surface area contributed by atoms with Crippen LogP contribution in [0.3, 0.4) is 0 Å². The van der Waals surface area contributed by atoms with Crippen molar-refractivity contribution in [1.29, 1.82) is 0 Å². The number of ether oxygens (including phenoxy) is 2. The van der Waals surface area contributed by atoms with Crippen LogP contribution in [0.5, 0.6) is 11.5 Å². The van der Waals surface area contributed by atoms with Gasteiger partial charge in [-0.25, -0.2) is 4.68 Å². The van der Waals surface area contributed by atoms with Crippen molar-refractivity contribution in [2.45, 2.75) is 0 Å². The van der Waals surface area contributed by atoms with E-state index in [1.165, 1.54) is 22.7 Å². The molecule has 2 aromatic heterocycles. The Hall–Kier alpha value is -2.09. The largest absolute Gasteiger partial charge is 0.454 e. The average Bonchev–Trinajstić information content (AvgIpc) is 3.30. The first-order valence-electron chi connectivity index (χ1n) is 7.07. The molecule has 0 fully saturated rings. The highest BCUT2D eigenvalue weighted by Gasteiger charge is 2.13. The van der Waals surface area contributed by atoms with Gasteiger partial charge in [-0.05, 0) is 35.9 Å². The van der Waals surface area contributed by atoms with Gasteiger partial charge in [0, 0.05) is 12.4 Å². The normalized spacial score (nSPS) is 14.0. The SMILES string of the molecule is CN=c1scc(-c2ccc(Cl)s2)n1/N=C/c1ccc2c(c1)OCO2. The number of thiophene rings is 1. The molecule has 0 bridgehead atoms. The van der Waals surface area contributed by atoms with Crippen LogP contribution >= 0.6 is 34.3 Å². The third kappa shape index (κ3) is 2.86. The van der Waals surface area contributed by atoms with Gasteiger partial charge in [0.15, 0.2) is 11.5 Å². The fraction of sp³-hybridized carbons (Fsp3) is 0.125. The van der Waals surface area contributed by atoms with E-state index in [1.807, 2.05) is 40.4 Å². The zero-order chi connectivity index (χ0) is 16.5. The average molecular weight is 378 g/mol. The number of benzene rings is 1. The van der Waals surface area contributed by atoms with Crippen molar-refractivity contribution >= 4 is 40.5 Å². The minimum Gasteiger partial charge on any atom is -0.454 e. The molecule has 0 amide bonds. The zero-order valence-corrected chi connectivity index (χ0v) is 15.0. The van der Waals surface area contributed by atoms with Gasteiger partial charge in [0.25, 0.3) is 0 Å². The van der Waals surface area contributed by atoms with Crippen LogP contribution in [0, 0.1) is 0 Å². The first-order valence-corrected chi connectivity index (χ1v) is 9.15. The van der Waals surface area contributed by atoms with Crippen LogP contribution in [-0.4, -0.2) is 24.7 Å². The molecule has 0 atom stereocenters. The predicted octanol–water partition coefficient (Wildman–Crippen LogP) is 4.07. The third-order valence-electron chi connectivity index (χ3n) is 3.42.